The van der Waals surface area contributed by atoms with E-state index in [1.807, 2.05) is 24.3 Å². The summed E-state index contributed by atoms with van der Waals surface area (Å²) < 4.78 is 0. The molecule has 0 atom stereocenters. The van der Waals surface area contributed by atoms with Crippen molar-refractivity contribution >= 4 is 11.7 Å². The zero-order valence-electron chi connectivity index (χ0n) is 11.0. The minimum Gasteiger partial charge on any atom is -0.481 e. The molecule has 0 spiro atoms. The van der Waals surface area contributed by atoms with Gasteiger partial charge < -0.3 is 10.0 Å². The minimum absolute atomic E-state index is 0.794. The Balaban J connectivity index is 3.29. The summed E-state index contributed by atoms with van der Waals surface area (Å²) in [5.74, 6) is -0.794. The van der Waals surface area contributed by atoms with Gasteiger partial charge in [0.25, 0.3) is 0 Å². The Labute approximate surface area is 103 Å². The van der Waals surface area contributed by atoms with E-state index in [9.17, 15) is 9.90 Å². The van der Waals surface area contributed by atoms with Crippen molar-refractivity contribution in [2.24, 2.45) is 0 Å². The Morgan fingerprint density at radius 3 is 2.24 bits per heavy atom. The fourth-order valence-corrected chi connectivity index (χ4v) is 1.96. The molecular formula is C14H21NO2. The number of aliphatic carboxylic acids is 1. The SMILES string of the molecule is CCN(CC)c1ccccc1C(C)(C)C(=O)O. The Hall–Kier alpha value is -1.51. The average molecular weight is 235 g/mol. The topological polar surface area (TPSA) is 40.5 Å². The number of benzene rings is 1. The van der Waals surface area contributed by atoms with Gasteiger partial charge in [-0.1, -0.05) is 18.2 Å². The molecule has 0 amide bonds. The summed E-state index contributed by atoms with van der Waals surface area (Å²) in [6.45, 7) is 9.41. The lowest BCUT2D eigenvalue weighted by Crippen LogP contribution is -2.32. The van der Waals surface area contributed by atoms with E-state index < -0.39 is 11.4 Å². The first-order valence-corrected chi connectivity index (χ1v) is 6.03. The van der Waals surface area contributed by atoms with Crippen LogP contribution in [0, 0.1) is 0 Å². The van der Waals surface area contributed by atoms with Gasteiger partial charge in [-0.15, -0.1) is 0 Å². The van der Waals surface area contributed by atoms with Crippen LogP contribution in [-0.2, 0) is 10.2 Å². The molecule has 0 fully saturated rings. The monoisotopic (exact) mass is 235 g/mol. The second-order valence-electron chi connectivity index (χ2n) is 4.62. The fourth-order valence-electron chi connectivity index (χ4n) is 1.96. The smallest absolute Gasteiger partial charge is 0.313 e. The third kappa shape index (κ3) is 2.60. The molecular weight excluding hydrogens is 214 g/mol. The highest BCUT2D eigenvalue weighted by atomic mass is 16.4. The van der Waals surface area contributed by atoms with Gasteiger partial charge in [0.05, 0.1) is 5.41 Å². The van der Waals surface area contributed by atoms with Crippen molar-refractivity contribution in [3.05, 3.63) is 29.8 Å². The molecule has 17 heavy (non-hydrogen) atoms. The van der Waals surface area contributed by atoms with Gasteiger partial charge in [0, 0.05) is 18.8 Å². The Bertz CT molecular complexity index is 395. The van der Waals surface area contributed by atoms with Crippen molar-refractivity contribution in [1.29, 1.82) is 0 Å². The summed E-state index contributed by atoms with van der Waals surface area (Å²) in [5.41, 5.74) is 1.03. The van der Waals surface area contributed by atoms with Crippen LogP contribution in [0.15, 0.2) is 24.3 Å². The summed E-state index contributed by atoms with van der Waals surface area (Å²) in [4.78, 5) is 13.5. The van der Waals surface area contributed by atoms with Crippen LogP contribution in [0.2, 0.25) is 0 Å². The quantitative estimate of drug-likeness (QED) is 0.853. The first-order chi connectivity index (χ1) is 7.95. The van der Waals surface area contributed by atoms with Crippen molar-refractivity contribution in [2.75, 3.05) is 18.0 Å². The number of carboxylic acid groups (broad SMARTS) is 1. The Kier molecular flexibility index (Phi) is 4.16. The van der Waals surface area contributed by atoms with Crippen LogP contribution in [0.3, 0.4) is 0 Å². The molecule has 3 heteroatoms. The van der Waals surface area contributed by atoms with E-state index >= 15 is 0 Å². The van der Waals surface area contributed by atoms with E-state index in [2.05, 4.69) is 18.7 Å². The lowest BCUT2D eigenvalue weighted by atomic mass is 9.83. The number of anilines is 1. The molecule has 0 aliphatic carbocycles. The normalized spacial score (nSPS) is 11.3. The molecule has 0 saturated carbocycles. The van der Waals surface area contributed by atoms with Crippen LogP contribution in [0.25, 0.3) is 0 Å². The van der Waals surface area contributed by atoms with Crippen LogP contribution >= 0.6 is 0 Å². The molecule has 1 aromatic rings. The van der Waals surface area contributed by atoms with Crippen LogP contribution in [0.1, 0.15) is 33.3 Å². The molecule has 0 saturated heterocycles. The highest BCUT2D eigenvalue weighted by molar-refractivity contribution is 5.83. The highest BCUT2D eigenvalue weighted by Crippen LogP contribution is 2.32. The molecule has 1 aromatic carbocycles. The van der Waals surface area contributed by atoms with Gasteiger partial charge in [-0.25, -0.2) is 0 Å². The third-order valence-corrected chi connectivity index (χ3v) is 3.22. The average Bonchev–Trinajstić information content (AvgIpc) is 2.31. The molecule has 0 heterocycles. The maximum absolute atomic E-state index is 11.4. The summed E-state index contributed by atoms with van der Waals surface area (Å²) in [5, 5.41) is 9.33. The number of nitrogens with zero attached hydrogens (tertiary/aromatic N) is 1. The van der Waals surface area contributed by atoms with Gasteiger partial charge in [-0.3, -0.25) is 4.79 Å². The largest absolute Gasteiger partial charge is 0.481 e. The Morgan fingerprint density at radius 1 is 1.24 bits per heavy atom. The van der Waals surface area contributed by atoms with Crippen molar-refractivity contribution in [2.45, 2.75) is 33.1 Å². The van der Waals surface area contributed by atoms with Crippen molar-refractivity contribution in [1.82, 2.24) is 0 Å². The molecule has 0 radical (unpaired) electrons. The number of rotatable bonds is 5. The number of para-hydroxylation sites is 1. The van der Waals surface area contributed by atoms with E-state index in [-0.39, 0.29) is 0 Å². The summed E-state index contributed by atoms with van der Waals surface area (Å²) in [7, 11) is 0. The highest BCUT2D eigenvalue weighted by Gasteiger charge is 2.32. The maximum atomic E-state index is 11.4. The molecule has 3 nitrogen and oxygen atoms in total. The summed E-state index contributed by atoms with van der Waals surface area (Å²) in [6.07, 6.45) is 0. The number of carboxylic acids is 1. The molecule has 0 bridgehead atoms. The van der Waals surface area contributed by atoms with Crippen LogP contribution in [0.5, 0.6) is 0 Å². The van der Waals surface area contributed by atoms with Crippen molar-refractivity contribution < 1.29 is 9.90 Å². The summed E-state index contributed by atoms with van der Waals surface area (Å²) >= 11 is 0. The van der Waals surface area contributed by atoms with Gasteiger partial charge in [0.1, 0.15) is 0 Å². The van der Waals surface area contributed by atoms with Gasteiger partial charge >= 0.3 is 5.97 Å². The van der Waals surface area contributed by atoms with Crippen LogP contribution < -0.4 is 4.90 Å². The predicted octanol–water partition coefficient (Wildman–Crippen LogP) is 2.90. The standard InChI is InChI=1S/C14H21NO2/c1-5-15(6-2)12-10-8-7-9-11(12)14(3,4)13(16)17/h7-10H,5-6H2,1-4H3,(H,16,17). The van der Waals surface area contributed by atoms with Crippen LogP contribution in [0.4, 0.5) is 5.69 Å². The second kappa shape index (κ2) is 5.21. The summed E-state index contributed by atoms with van der Waals surface area (Å²) in [6, 6.07) is 7.75. The van der Waals surface area contributed by atoms with Crippen molar-refractivity contribution in [3.8, 4) is 0 Å². The van der Waals surface area contributed by atoms with Gasteiger partial charge in [0.2, 0.25) is 0 Å². The molecule has 0 aliphatic heterocycles. The van der Waals surface area contributed by atoms with Crippen molar-refractivity contribution in [3.63, 3.8) is 0 Å². The van der Waals surface area contributed by atoms with E-state index in [0.29, 0.717) is 0 Å². The number of hydrogen-bond donors (Lipinski definition) is 1. The lowest BCUT2D eigenvalue weighted by Gasteiger charge is -2.29. The molecule has 1 N–H and O–H groups in total. The Morgan fingerprint density at radius 2 is 1.76 bits per heavy atom. The van der Waals surface area contributed by atoms with Crippen LogP contribution in [-0.4, -0.2) is 24.2 Å². The van der Waals surface area contributed by atoms with Gasteiger partial charge in [-0.2, -0.15) is 0 Å². The predicted molar refractivity (Wildman–Crippen MR) is 70.7 cm³/mol. The lowest BCUT2D eigenvalue weighted by molar-refractivity contribution is -0.142. The second-order valence-corrected chi connectivity index (χ2v) is 4.62. The van der Waals surface area contributed by atoms with E-state index in [4.69, 9.17) is 0 Å². The van der Waals surface area contributed by atoms with E-state index in [1.165, 1.54) is 0 Å². The zero-order valence-corrected chi connectivity index (χ0v) is 11.0. The van der Waals surface area contributed by atoms with E-state index in [1.54, 1.807) is 13.8 Å². The third-order valence-electron chi connectivity index (χ3n) is 3.22. The van der Waals surface area contributed by atoms with Gasteiger partial charge in [0.15, 0.2) is 0 Å². The number of hydrogen-bond acceptors (Lipinski definition) is 2. The molecule has 1 rings (SSSR count). The zero-order chi connectivity index (χ0) is 13.1. The molecule has 94 valence electrons. The molecule has 0 unspecified atom stereocenters. The first-order valence-electron chi connectivity index (χ1n) is 6.03. The maximum Gasteiger partial charge on any atom is 0.313 e. The fraction of sp³-hybridized carbons (Fsp3) is 0.500. The molecule has 0 aliphatic rings. The first kappa shape index (κ1) is 13.6. The minimum atomic E-state index is -0.862. The number of carbonyl (C=O) groups is 1. The molecule has 0 aromatic heterocycles. The van der Waals surface area contributed by atoms with Gasteiger partial charge in [-0.05, 0) is 39.3 Å². The van der Waals surface area contributed by atoms with E-state index in [0.717, 1.165) is 24.3 Å².